The summed E-state index contributed by atoms with van der Waals surface area (Å²) >= 11 is 0.719. The second-order valence-corrected chi connectivity index (χ2v) is 3.56. The van der Waals surface area contributed by atoms with Crippen LogP contribution in [0.15, 0.2) is 30.3 Å². The molecule has 0 spiro atoms. The van der Waals surface area contributed by atoms with Crippen molar-refractivity contribution in [2.45, 2.75) is 5.44 Å². The van der Waals surface area contributed by atoms with Crippen LogP contribution in [0.3, 0.4) is 0 Å². The van der Waals surface area contributed by atoms with Gasteiger partial charge in [0.15, 0.2) is 0 Å². The van der Waals surface area contributed by atoms with Crippen LogP contribution in [0.4, 0.5) is 0 Å². The molecule has 1 rings (SSSR count). The van der Waals surface area contributed by atoms with Gasteiger partial charge in [0.05, 0.1) is 6.61 Å². The van der Waals surface area contributed by atoms with Crippen molar-refractivity contribution in [2.75, 3.05) is 6.61 Å². The molecule has 70 valence electrons. The zero-order valence-corrected chi connectivity index (χ0v) is 7.70. The zero-order chi connectivity index (χ0) is 9.68. The minimum atomic E-state index is -1.03. The van der Waals surface area contributed by atoms with Gasteiger partial charge >= 0.3 is 0 Å². The second kappa shape index (κ2) is 5.01. The molecule has 0 radical (unpaired) electrons. The molecule has 0 fully saturated rings. The van der Waals surface area contributed by atoms with Gasteiger partial charge in [-0.15, -0.1) is 0 Å². The van der Waals surface area contributed by atoms with E-state index < -0.39 is 12.0 Å². The first-order valence-electron chi connectivity index (χ1n) is 3.79. The molecule has 4 heteroatoms. The molecule has 2 N–H and O–H groups in total. The number of hydrogen-bond donors (Lipinski definition) is 2. The Balaban J connectivity index is 2.59. The van der Waals surface area contributed by atoms with E-state index in [9.17, 15) is 4.79 Å². The molecule has 1 aromatic rings. The number of rotatable bonds is 3. The summed E-state index contributed by atoms with van der Waals surface area (Å²) in [4.78, 5) is 11.3. The zero-order valence-electron chi connectivity index (χ0n) is 6.88. The fourth-order valence-electron chi connectivity index (χ4n) is 0.803. The van der Waals surface area contributed by atoms with E-state index in [1.165, 1.54) is 0 Å². The van der Waals surface area contributed by atoms with Crippen molar-refractivity contribution in [2.24, 2.45) is 0 Å². The topological polar surface area (TPSA) is 57.5 Å². The fourth-order valence-corrected chi connectivity index (χ4v) is 1.40. The molecular weight excluding hydrogens is 188 g/mol. The number of aliphatic hydroxyl groups is 2. The molecule has 0 aliphatic heterocycles. The Hall–Kier alpha value is -0.840. The highest BCUT2D eigenvalue weighted by atomic mass is 32.2. The van der Waals surface area contributed by atoms with Gasteiger partial charge in [0.2, 0.25) is 5.12 Å². The molecule has 0 bridgehead atoms. The number of carbonyl (C=O) groups excluding carboxylic acids is 1. The summed E-state index contributed by atoms with van der Waals surface area (Å²) in [6.07, 6.45) is 0. The average Bonchev–Trinajstić information content (AvgIpc) is 2.19. The van der Waals surface area contributed by atoms with E-state index >= 15 is 0 Å². The van der Waals surface area contributed by atoms with Crippen molar-refractivity contribution in [3.8, 4) is 0 Å². The van der Waals surface area contributed by atoms with E-state index in [1.807, 2.05) is 6.07 Å². The lowest BCUT2D eigenvalue weighted by atomic mass is 10.2. The number of hydrogen-bond acceptors (Lipinski definition) is 4. The number of aliphatic hydroxyl groups excluding tert-OH is 2. The third-order valence-corrected chi connectivity index (χ3v) is 2.28. The smallest absolute Gasteiger partial charge is 0.221 e. The van der Waals surface area contributed by atoms with E-state index in [0.29, 0.717) is 5.56 Å². The number of carbonyl (C=O) groups is 1. The van der Waals surface area contributed by atoms with Crippen LogP contribution in [-0.4, -0.2) is 27.4 Å². The largest absolute Gasteiger partial charge is 0.393 e. The standard InChI is InChI=1S/C9H10O3S/c10-6-8(11)13-9(12)7-4-2-1-3-5-7/h1-5,8,10-11H,6H2. The lowest BCUT2D eigenvalue weighted by molar-refractivity contribution is 0.107. The van der Waals surface area contributed by atoms with Gasteiger partial charge in [-0.05, 0) is 11.8 Å². The maximum atomic E-state index is 11.3. The van der Waals surface area contributed by atoms with Crippen LogP contribution in [-0.2, 0) is 0 Å². The van der Waals surface area contributed by atoms with Crippen molar-refractivity contribution >= 4 is 16.9 Å². The van der Waals surface area contributed by atoms with Crippen LogP contribution >= 0.6 is 11.8 Å². The quantitative estimate of drug-likeness (QED) is 0.708. The lowest BCUT2D eigenvalue weighted by Crippen LogP contribution is -2.10. The van der Waals surface area contributed by atoms with Gasteiger partial charge in [0, 0.05) is 5.56 Å². The Morgan fingerprint density at radius 2 is 2.00 bits per heavy atom. The summed E-state index contributed by atoms with van der Waals surface area (Å²) < 4.78 is 0. The third kappa shape index (κ3) is 3.18. The van der Waals surface area contributed by atoms with Crippen molar-refractivity contribution in [3.05, 3.63) is 35.9 Å². The van der Waals surface area contributed by atoms with Crippen molar-refractivity contribution in [1.29, 1.82) is 0 Å². The maximum Gasteiger partial charge on any atom is 0.221 e. The summed E-state index contributed by atoms with van der Waals surface area (Å²) in [6, 6.07) is 8.64. The Morgan fingerprint density at radius 3 is 2.54 bits per heavy atom. The molecule has 0 aromatic heterocycles. The van der Waals surface area contributed by atoms with E-state index in [1.54, 1.807) is 24.3 Å². The molecule has 3 nitrogen and oxygen atoms in total. The first-order chi connectivity index (χ1) is 6.24. The van der Waals surface area contributed by atoms with Gasteiger partial charge in [0.1, 0.15) is 5.44 Å². The van der Waals surface area contributed by atoms with Gasteiger partial charge in [0.25, 0.3) is 0 Å². The Bertz CT molecular complexity index is 273. The fraction of sp³-hybridized carbons (Fsp3) is 0.222. The van der Waals surface area contributed by atoms with Crippen LogP contribution in [0.2, 0.25) is 0 Å². The highest BCUT2D eigenvalue weighted by molar-refractivity contribution is 8.14. The van der Waals surface area contributed by atoms with E-state index in [-0.39, 0.29) is 5.12 Å². The first kappa shape index (κ1) is 10.2. The maximum absolute atomic E-state index is 11.3. The van der Waals surface area contributed by atoms with Gasteiger partial charge in [-0.2, -0.15) is 0 Å². The van der Waals surface area contributed by atoms with E-state index in [4.69, 9.17) is 10.2 Å². The highest BCUT2D eigenvalue weighted by Crippen LogP contribution is 2.15. The molecule has 0 saturated carbocycles. The third-order valence-electron chi connectivity index (χ3n) is 1.41. The summed E-state index contributed by atoms with van der Waals surface area (Å²) in [6.45, 7) is -0.413. The van der Waals surface area contributed by atoms with Crippen LogP contribution in [0, 0.1) is 0 Å². The van der Waals surface area contributed by atoms with Gasteiger partial charge < -0.3 is 10.2 Å². The van der Waals surface area contributed by atoms with Crippen molar-refractivity contribution in [1.82, 2.24) is 0 Å². The molecular formula is C9H10O3S. The van der Waals surface area contributed by atoms with Crippen molar-refractivity contribution in [3.63, 3.8) is 0 Å². The molecule has 0 amide bonds. The van der Waals surface area contributed by atoms with Crippen molar-refractivity contribution < 1.29 is 15.0 Å². The molecule has 0 aliphatic rings. The number of benzene rings is 1. The van der Waals surface area contributed by atoms with Crippen LogP contribution < -0.4 is 0 Å². The first-order valence-corrected chi connectivity index (χ1v) is 4.67. The normalized spacial score (nSPS) is 12.5. The summed E-state index contributed by atoms with van der Waals surface area (Å²) in [5.74, 6) is 0. The van der Waals surface area contributed by atoms with Gasteiger partial charge in [-0.3, -0.25) is 4.79 Å². The molecule has 1 atom stereocenters. The monoisotopic (exact) mass is 198 g/mol. The summed E-state index contributed by atoms with van der Waals surface area (Å²) in [5.41, 5.74) is -0.507. The van der Waals surface area contributed by atoms with Gasteiger partial charge in [-0.25, -0.2) is 0 Å². The minimum absolute atomic E-state index is 0.234. The highest BCUT2D eigenvalue weighted by Gasteiger charge is 2.11. The summed E-state index contributed by atoms with van der Waals surface area (Å²) in [5, 5.41) is 17.3. The minimum Gasteiger partial charge on any atom is -0.393 e. The van der Waals surface area contributed by atoms with E-state index in [0.717, 1.165) is 11.8 Å². The van der Waals surface area contributed by atoms with Crippen LogP contribution in [0.25, 0.3) is 0 Å². The number of thioether (sulfide) groups is 1. The molecule has 0 saturated heterocycles. The molecule has 13 heavy (non-hydrogen) atoms. The predicted molar refractivity (Wildman–Crippen MR) is 51.5 cm³/mol. The Morgan fingerprint density at radius 1 is 1.38 bits per heavy atom. The van der Waals surface area contributed by atoms with E-state index in [2.05, 4.69) is 0 Å². The molecule has 0 aliphatic carbocycles. The average molecular weight is 198 g/mol. The van der Waals surface area contributed by atoms with Gasteiger partial charge in [-0.1, -0.05) is 30.3 Å². The SMILES string of the molecule is O=C(SC(O)CO)c1ccccc1. The Kier molecular flexibility index (Phi) is 3.95. The van der Waals surface area contributed by atoms with Crippen LogP contribution in [0.5, 0.6) is 0 Å². The lowest BCUT2D eigenvalue weighted by Gasteiger charge is -2.04. The predicted octanol–water partition coefficient (Wildman–Crippen LogP) is 0.871. The molecule has 1 unspecified atom stereocenters. The summed E-state index contributed by atoms with van der Waals surface area (Å²) in [7, 11) is 0. The van der Waals surface area contributed by atoms with Crippen LogP contribution in [0.1, 0.15) is 10.4 Å². The molecule has 0 heterocycles. The Labute approximate surface area is 80.4 Å². The second-order valence-electron chi connectivity index (χ2n) is 2.41. The molecule has 1 aromatic carbocycles.